The van der Waals surface area contributed by atoms with E-state index < -0.39 is 0 Å². The van der Waals surface area contributed by atoms with Gasteiger partial charge in [-0.3, -0.25) is 25.0 Å². The molecule has 0 saturated carbocycles. The Labute approximate surface area is 196 Å². The van der Waals surface area contributed by atoms with E-state index in [4.69, 9.17) is 0 Å². The predicted molar refractivity (Wildman–Crippen MR) is 129 cm³/mol. The molecule has 0 atom stereocenters. The number of para-hydroxylation sites is 1. The number of hydrazine groups is 1. The third kappa shape index (κ3) is 5.48. The van der Waals surface area contributed by atoms with E-state index in [1.165, 1.54) is 11.8 Å². The van der Waals surface area contributed by atoms with Crippen LogP contribution in [0.5, 0.6) is 0 Å². The average molecular weight is 458 g/mol. The smallest absolute Gasteiger partial charge is 0.269 e. The second kappa shape index (κ2) is 10.6. The van der Waals surface area contributed by atoms with Gasteiger partial charge in [-0.25, -0.2) is 0 Å². The number of carbonyl (C=O) groups is 2. The zero-order valence-corrected chi connectivity index (χ0v) is 18.9. The highest BCUT2D eigenvalue weighted by atomic mass is 32.2. The second-order valence-corrected chi connectivity index (χ2v) is 8.13. The van der Waals surface area contributed by atoms with Crippen molar-refractivity contribution in [3.63, 3.8) is 0 Å². The minimum atomic E-state index is -0.366. The van der Waals surface area contributed by atoms with E-state index in [0.717, 1.165) is 23.2 Å². The summed E-state index contributed by atoms with van der Waals surface area (Å²) >= 11 is 1.24. The van der Waals surface area contributed by atoms with Crippen molar-refractivity contribution >= 4 is 23.6 Å². The molecule has 0 aliphatic heterocycles. The molecule has 0 aliphatic rings. The first-order chi connectivity index (χ1) is 16.2. The van der Waals surface area contributed by atoms with Crippen molar-refractivity contribution in [1.82, 2.24) is 25.6 Å². The van der Waals surface area contributed by atoms with Crippen molar-refractivity contribution in [2.45, 2.75) is 18.5 Å². The lowest BCUT2D eigenvalue weighted by Crippen LogP contribution is -2.42. The molecule has 1 aromatic heterocycles. The van der Waals surface area contributed by atoms with Gasteiger partial charge in [-0.05, 0) is 36.2 Å². The number of aromatic nitrogens is 3. The maximum atomic E-state index is 12.4. The number of amides is 2. The fourth-order valence-electron chi connectivity index (χ4n) is 3.20. The lowest BCUT2D eigenvalue weighted by Gasteiger charge is -2.11. The summed E-state index contributed by atoms with van der Waals surface area (Å²) in [5.74, 6) is 0.0418. The highest BCUT2D eigenvalue weighted by Crippen LogP contribution is 2.27. The molecule has 1 heterocycles. The molecule has 4 aromatic rings. The minimum Gasteiger partial charge on any atom is -0.272 e. The summed E-state index contributed by atoms with van der Waals surface area (Å²) in [6, 6.07) is 26.8. The van der Waals surface area contributed by atoms with E-state index in [1.54, 1.807) is 12.1 Å². The van der Waals surface area contributed by atoms with Gasteiger partial charge in [0.1, 0.15) is 0 Å². The Morgan fingerprint density at radius 3 is 2.18 bits per heavy atom. The van der Waals surface area contributed by atoms with Gasteiger partial charge in [0, 0.05) is 16.8 Å². The van der Waals surface area contributed by atoms with Gasteiger partial charge >= 0.3 is 0 Å². The quantitative estimate of drug-likeness (QED) is 0.323. The first-order valence-corrected chi connectivity index (χ1v) is 11.5. The SMILES string of the molecule is CCc1ccc(C(=O)NNC(=O)CSc2nnc(-c3ccccc3)n2-c2ccccc2)cc1. The largest absolute Gasteiger partial charge is 0.272 e. The molecule has 3 aromatic carbocycles. The van der Waals surface area contributed by atoms with Crippen LogP contribution in [0.3, 0.4) is 0 Å². The molecule has 0 radical (unpaired) electrons. The lowest BCUT2D eigenvalue weighted by molar-refractivity contribution is -0.119. The van der Waals surface area contributed by atoms with Crippen LogP contribution in [0, 0.1) is 0 Å². The van der Waals surface area contributed by atoms with E-state index in [-0.39, 0.29) is 17.6 Å². The zero-order valence-electron chi connectivity index (χ0n) is 18.1. The molecule has 0 aliphatic carbocycles. The third-order valence-corrected chi connectivity index (χ3v) is 5.88. The molecule has 2 amide bonds. The zero-order chi connectivity index (χ0) is 23.0. The second-order valence-electron chi connectivity index (χ2n) is 7.18. The van der Waals surface area contributed by atoms with Crippen molar-refractivity contribution in [2.24, 2.45) is 0 Å². The molecular weight excluding hydrogens is 434 g/mol. The minimum absolute atomic E-state index is 0.0643. The number of aryl methyl sites for hydroxylation is 1. The van der Waals surface area contributed by atoms with Crippen LogP contribution in [-0.4, -0.2) is 32.3 Å². The van der Waals surface area contributed by atoms with E-state index >= 15 is 0 Å². The third-order valence-electron chi connectivity index (χ3n) is 4.95. The average Bonchev–Trinajstić information content (AvgIpc) is 3.31. The molecule has 0 fully saturated rings. The molecule has 166 valence electrons. The summed E-state index contributed by atoms with van der Waals surface area (Å²) in [6.45, 7) is 2.05. The summed E-state index contributed by atoms with van der Waals surface area (Å²) in [5.41, 5.74) is 8.36. The number of carbonyl (C=O) groups excluding carboxylic acids is 2. The Kier molecular flexibility index (Phi) is 7.16. The van der Waals surface area contributed by atoms with Gasteiger partial charge in [-0.15, -0.1) is 10.2 Å². The first kappa shape index (κ1) is 22.3. The summed E-state index contributed by atoms with van der Waals surface area (Å²) < 4.78 is 1.92. The van der Waals surface area contributed by atoms with Crippen molar-refractivity contribution in [2.75, 3.05) is 5.75 Å². The van der Waals surface area contributed by atoms with Gasteiger partial charge in [0.25, 0.3) is 5.91 Å². The predicted octanol–water partition coefficient (Wildman–Crippen LogP) is 4.05. The van der Waals surface area contributed by atoms with Crippen molar-refractivity contribution in [1.29, 1.82) is 0 Å². The van der Waals surface area contributed by atoms with E-state index in [2.05, 4.69) is 21.0 Å². The molecule has 33 heavy (non-hydrogen) atoms. The Bertz CT molecular complexity index is 1220. The Morgan fingerprint density at radius 2 is 1.52 bits per heavy atom. The lowest BCUT2D eigenvalue weighted by atomic mass is 10.1. The summed E-state index contributed by atoms with van der Waals surface area (Å²) in [5, 5.41) is 9.25. The van der Waals surface area contributed by atoms with Crippen LogP contribution in [0.25, 0.3) is 17.1 Å². The molecular formula is C25H23N5O2S. The topological polar surface area (TPSA) is 88.9 Å². The van der Waals surface area contributed by atoms with Crippen LogP contribution in [-0.2, 0) is 11.2 Å². The number of hydrogen-bond donors (Lipinski definition) is 2. The number of nitrogens with zero attached hydrogens (tertiary/aromatic N) is 3. The van der Waals surface area contributed by atoms with Crippen LogP contribution in [0.15, 0.2) is 90.1 Å². The van der Waals surface area contributed by atoms with Crippen LogP contribution >= 0.6 is 11.8 Å². The Morgan fingerprint density at radius 1 is 0.848 bits per heavy atom. The molecule has 0 spiro atoms. The summed E-state index contributed by atoms with van der Waals surface area (Å²) in [6.07, 6.45) is 0.898. The Balaban J connectivity index is 1.43. The molecule has 0 saturated heterocycles. The number of hydrogen-bond acceptors (Lipinski definition) is 5. The highest BCUT2D eigenvalue weighted by Gasteiger charge is 2.17. The number of rotatable bonds is 7. The Hall–Kier alpha value is -3.91. The van der Waals surface area contributed by atoms with Crippen LogP contribution in [0.1, 0.15) is 22.8 Å². The monoisotopic (exact) mass is 457 g/mol. The normalized spacial score (nSPS) is 10.6. The maximum Gasteiger partial charge on any atom is 0.269 e. The van der Waals surface area contributed by atoms with Crippen LogP contribution < -0.4 is 10.9 Å². The summed E-state index contributed by atoms with van der Waals surface area (Å²) in [7, 11) is 0. The van der Waals surface area contributed by atoms with Crippen LogP contribution in [0.4, 0.5) is 0 Å². The van der Waals surface area contributed by atoms with Crippen molar-refractivity contribution < 1.29 is 9.59 Å². The fraction of sp³-hybridized carbons (Fsp3) is 0.120. The molecule has 4 rings (SSSR count). The molecule has 7 nitrogen and oxygen atoms in total. The molecule has 2 N–H and O–H groups in total. The van der Waals surface area contributed by atoms with Gasteiger partial charge in [0.2, 0.25) is 5.91 Å². The first-order valence-electron chi connectivity index (χ1n) is 10.5. The van der Waals surface area contributed by atoms with Gasteiger partial charge in [-0.2, -0.15) is 0 Å². The van der Waals surface area contributed by atoms with Gasteiger partial charge < -0.3 is 0 Å². The number of thioether (sulfide) groups is 1. The molecule has 0 unspecified atom stereocenters. The van der Waals surface area contributed by atoms with Gasteiger partial charge in [-0.1, -0.05) is 79.3 Å². The van der Waals surface area contributed by atoms with Crippen molar-refractivity contribution in [3.05, 3.63) is 96.1 Å². The van der Waals surface area contributed by atoms with E-state index in [0.29, 0.717) is 16.5 Å². The fourth-order valence-corrected chi connectivity index (χ4v) is 3.96. The van der Waals surface area contributed by atoms with Gasteiger partial charge in [0.15, 0.2) is 11.0 Å². The van der Waals surface area contributed by atoms with E-state index in [1.807, 2.05) is 84.3 Å². The molecule has 8 heteroatoms. The standard InChI is InChI=1S/C25H23N5O2S/c1-2-18-13-15-20(16-14-18)24(32)28-26-22(31)17-33-25-29-27-23(19-9-5-3-6-10-19)30(25)21-11-7-4-8-12-21/h3-16H,2,17H2,1H3,(H,26,31)(H,28,32). The highest BCUT2D eigenvalue weighted by molar-refractivity contribution is 7.99. The van der Waals surface area contributed by atoms with Gasteiger partial charge in [0.05, 0.1) is 5.75 Å². The van der Waals surface area contributed by atoms with Crippen molar-refractivity contribution in [3.8, 4) is 17.1 Å². The number of benzene rings is 3. The van der Waals surface area contributed by atoms with Crippen LogP contribution in [0.2, 0.25) is 0 Å². The molecule has 0 bridgehead atoms. The number of nitrogens with one attached hydrogen (secondary N) is 2. The van der Waals surface area contributed by atoms with E-state index in [9.17, 15) is 9.59 Å². The summed E-state index contributed by atoms with van der Waals surface area (Å²) in [4.78, 5) is 24.6. The maximum absolute atomic E-state index is 12.4.